The van der Waals surface area contributed by atoms with Crippen molar-refractivity contribution in [1.29, 1.82) is 0 Å². The average Bonchev–Trinajstić information content (AvgIpc) is 2.29. The fourth-order valence-electron chi connectivity index (χ4n) is 1.06. The molecule has 0 unspecified atom stereocenters. The topological polar surface area (TPSA) is 74.7 Å². The maximum atomic E-state index is 11.6. The fourth-order valence-corrected chi connectivity index (χ4v) is 1.96. The molecule has 0 atom stereocenters. The van der Waals surface area contributed by atoms with Gasteiger partial charge in [-0.1, -0.05) is 18.2 Å². The van der Waals surface area contributed by atoms with E-state index in [4.69, 9.17) is 5.11 Å². The lowest BCUT2D eigenvalue weighted by Gasteiger charge is -2.16. The van der Waals surface area contributed by atoms with Crippen LogP contribution in [0.2, 0.25) is 0 Å². The minimum atomic E-state index is -4.11. The van der Waals surface area contributed by atoms with Crippen molar-refractivity contribution in [1.82, 2.24) is 0 Å². The molecule has 0 fully saturated rings. The zero-order valence-electron chi connectivity index (χ0n) is 8.57. The molecule has 0 aromatic heterocycles. The molecule has 0 aliphatic carbocycles. The molecule has 1 aromatic carbocycles. The normalized spacial score (nSPS) is 11.6. The van der Waals surface area contributed by atoms with Gasteiger partial charge in [-0.25, -0.2) is 0 Å². The van der Waals surface area contributed by atoms with Crippen LogP contribution in [0.25, 0.3) is 0 Å². The van der Waals surface area contributed by atoms with Crippen LogP contribution in [0.5, 0.6) is 0 Å². The van der Waals surface area contributed by atoms with Crippen molar-refractivity contribution in [2.24, 2.45) is 0 Å². The molecule has 0 spiro atoms. The molecule has 1 N–H and O–H groups in total. The Morgan fingerprint density at radius 2 is 1.88 bits per heavy atom. The van der Waals surface area contributed by atoms with Crippen LogP contribution in [-0.4, -0.2) is 25.7 Å². The van der Waals surface area contributed by atoms with Crippen molar-refractivity contribution in [3.63, 3.8) is 0 Å². The van der Waals surface area contributed by atoms with Crippen LogP contribution < -0.4 is 4.31 Å². The molecule has 0 saturated carbocycles. The van der Waals surface area contributed by atoms with Gasteiger partial charge in [0.1, 0.15) is 0 Å². The second kappa shape index (κ2) is 4.80. The summed E-state index contributed by atoms with van der Waals surface area (Å²) in [5.74, 6) is 0. The van der Waals surface area contributed by atoms with Crippen LogP contribution in [0.1, 0.15) is 0 Å². The van der Waals surface area contributed by atoms with Gasteiger partial charge in [-0.05, 0) is 12.1 Å². The molecule has 86 valence electrons. The van der Waals surface area contributed by atoms with Crippen LogP contribution in [0.4, 0.5) is 5.69 Å². The Kier molecular flexibility index (Phi) is 3.68. The first-order chi connectivity index (χ1) is 7.50. The standard InChI is InChI=1S/C10H11NO4S/c1-11(9-5-3-2-4-6-9)16(14,15)10(13)7-8-12/h2-8,12H,1H3. The molecule has 1 rings (SSSR count). The Morgan fingerprint density at radius 1 is 1.31 bits per heavy atom. The molecule has 0 bridgehead atoms. The number of nitrogens with zero attached hydrogens (tertiary/aromatic N) is 1. The number of aliphatic hydroxyl groups excluding tert-OH is 1. The number of anilines is 1. The Morgan fingerprint density at radius 3 is 2.38 bits per heavy atom. The molecule has 0 aliphatic rings. The van der Waals surface area contributed by atoms with E-state index in [1.807, 2.05) is 0 Å². The van der Waals surface area contributed by atoms with E-state index in [9.17, 15) is 13.2 Å². The first kappa shape index (κ1) is 12.3. The third kappa shape index (κ3) is 2.40. The Bertz CT molecular complexity index is 493. The van der Waals surface area contributed by atoms with Gasteiger partial charge in [0.25, 0.3) is 5.12 Å². The van der Waals surface area contributed by atoms with E-state index >= 15 is 0 Å². The highest BCUT2D eigenvalue weighted by molar-refractivity contribution is 8.07. The maximum Gasteiger partial charge on any atom is 0.302 e. The number of aliphatic hydroxyl groups is 1. The van der Waals surface area contributed by atoms with E-state index in [2.05, 4.69) is 0 Å². The number of para-hydroxylation sites is 1. The summed E-state index contributed by atoms with van der Waals surface area (Å²) in [6, 6.07) is 8.18. The highest BCUT2D eigenvalue weighted by Gasteiger charge is 2.25. The largest absolute Gasteiger partial charge is 0.515 e. The third-order valence-electron chi connectivity index (χ3n) is 1.95. The SMILES string of the molecule is CN(c1ccccc1)S(=O)(=O)C(=O)C=CO. The third-order valence-corrected chi connectivity index (χ3v) is 3.52. The summed E-state index contributed by atoms with van der Waals surface area (Å²) in [6.07, 6.45) is 0.994. The molecule has 6 heteroatoms. The molecule has 1 aromatic rings. The molecule has 16 heavy (non-hydrogen) atoms. The minimum Gasteiger partial charge on any atom is -0.515 e. The Balaban J connectivity index is 3.07. The summed E-state index contributed by atoms with van der Waals surface area (Å²) in [7, 11) is -2.83. The summed E-state index contributed by atoms with van der Waals surface area (Å²) in [5, 5.41) is 7.20. The van der Waals surface area contributed by atoms with Crippen molar-refractivity contribution >= 4 is 20.8 Å². The number of hydrogen-bond donors (Lipinski definition) is 1. The second-order valence-corrected chi connectivity index (χ2v) is 4.84. The van der Waals surface area contributed by atoms with Crippen molar-refractivity contribution in [2.45, 2.75) is 0 Å². The molecular weight excluding hydrogens is 230 g/mol. The van der Waals surface area contributed by atoms with Crippen molar-refractivity contribution in [3.8, 4) is 0 Å². The summed E-state index contributed by atoms with van der Waals surface area (Å²) in [4.78, 5) is 11.2. The molecule has 0 amide bonds. The van der Waals surface area contributed by atoms with Gasteiger partial charge in [0.2, 0.25) is 0 Å². The number of carbonyl (C=O) groups is 1. The highest BCUT2D eigenvalue weighted by Crippen LogP contribution is 2.15. The van der Waals surface area contributed by atoms with Crippen LogP contribution in [0.3, 0.4) is 0 Å². The molecule has 0 radical (unpaired) electrons. The lowest BCUT2D eigenvalue weighted by molar-refractivity contribution is -0.107. The number of benzene rings is 1. The van der Waals surface area contributed by atoms with E-state index < -0.39 is 15.1 Å². The van der Waals surface area contributed by atoms with Crippen molar-refractivity contribution in [2.75, 3.05) is 11.4 Å². The van der Waals surface area contributed by atoms with Gasteiger partial charge in [-0.15, -0.1) is 0 Å². The summed E-state index contributed by atoms with van der Waals surface area (Å²) in [6.45, 7) is 0. The van der Waals surface area contributed by atoms with E-state index in [1.54, 1.807) is 30.3 Å². The van der Waals surface area contributed by atoms with E-state index in [0.29, 0.717) is 18.0 Å². The van der Waals surface area contributed by atoms with Crippen LogP contribution in [0.15, 0.2) is 42.7 Å². The zero-order valence-corrected chi connectivity index (χ0v) is 9.39. The van der Waals surface area contributed by atoms with Gasteiger partial charge in [-0.2, -0.15) is 8.42 Å². The predicted octanol–water partition coefficient (Wildman–Crippen LogP) is 1.05. The average molecular weight is 241 g/mol. The Hall–Kier alpha value is -1.82. The number of carbonyl (C=O) groups excluding carboxylic acids is 1. The minimum absolute atomic E-state index is 0.377. The van der Waals surface area contributed by atoms with Crippen molar-refractivity contribution < 1.29 is 18.3 Å². The smallest absolute Gasteiger partial charge is 0.302 e. The summed E-state index contributed by atoms with van der Waals surface area (Å²) in [5.41, 5.74) is 0.377. The fraction of sp³-hybridized carbons (Fsp3) is 0.100. The molecular formula is C10H11NO4S. The summed E-state index contributed by atoms with van der Waals surface area (Å²) < 4.78 is 24.1. The molecule has 5 nitrogen and oxygen atoms in total. The quantitative estimate of drug-likeness (QED) is 0.634. The van der Waals surface area contributed by atoms with E-state index in [-0.39, 0.29) is 0 Å². The molecule has 0 aliphatic heterocycles. The monoisotopic (exact) mass is 241 g/mol. The summed E-state index contributed by atoms with van der Waals surface area (Å²) >= 11 is 0. The van der Waals surface area contributed by atoms with Gasteiger partial charge in [-0.3, -0.25) is 9.10 Å². The van der Waals surface area contributed by atoms with Gasteiger partial charge in [0.15, 0.2) is 0 Å². The van der Waals surface area contributed by atoms with Crippen LogP contribution in [0, 0.1) is 0 Å². The van der Waals surface area contributed by atoms with Gasteiger partial charge in [0, 0.05) is 13.1 Å². The first-order valence-corrected chi connectivity index (χ1v) is 5.83. The zero-order chi connectivity index (χ0) is 12.2. The van der Waals surface area contributed by atoms with E-state index in [0.717, 1.165) is 4.31 Å². The lowest BCUT2D eigenvalue weighted by Crippen LogP contribution is -2.32. The van der Waals surface area contributed by atoms with Crippen molar-refractivity contribution in [3.05, 3.63) is 42.7 Å². The first-order valence-electron chi connectivity index (χ1n) is 4.39. The maximum absolute atomic E-state index is 11.6. The van der Waals surface area contributed by atoms with Crippen LogP contribution >= 0.6 is 0 Å². The highest BCUT2D eigenvalue weighted by atomic mass is 32.2. The van der Waals surface area contributed by atoms with Gasteiger partial charge < -0.3 is 5.11 Å². The lowest BCUT2D eigenvalue weighted by atomic mass is 10.3. The Labute approximate surface area is 93.7 Å². The molecule has 0 heterocycles. The number of sulfonamides is 1. The predicted molar refractivity (Wildman–Crippen MR) is 60.5 cm³/mol. The molecule has 0 saturated heterocycles. The number of rotatable bonds is 3. The number of hydrogen-bond acceptors (Lipinski definition) is 4. The van der Waals surface area contributed by atoms with Gasteiger partial charge >= 0.3 is 10.0 Å². The van der Waals surface area contributed by atoms with Crippen LogP contribution in [-0.2, 0) is 14.8 Å². The second-order valence-electron chi connectivity index (χ2n) is 2.94. The van der Waals surface area contributed by atoms with E-state index in [1.165, 1.54) is 7.05 Å². The van der Waals surface area contributed by atoms with Gasteiger partial charge in [0.05, 0.1) is 11.9 Å².